The third-order valence-electron chi connectivity index (χ3n) is 3.79. The Labute approximate surface area is 107 Å². The van der Waals surface area contributed by atoms with Crippen LogP contribution in [0.5, 0.6) is 0 Å². The van der Waals surface area contributed by atoms with Gasteiger partial charge in [0, 0.05) is 38.9 Å². The summed E-state index contributed by atoms with van der Waals surface area (Å²) in [6.07, 6.45) is 2.42. The van der Waals surface area contributed by atoms with E-state index in [1.54, 1.807) is 7.11 Å². The first-order chi connectivity index (χ1) is 7.95. The molecule has 0 aliphatic carbocycles. The van der Waals surface area contributed by atoms with Gasteiger partial charge < -0.3 is 10.1 Å². The Morgan fingerprint density at radius 2 is 2.00 bits per heavy atom. The van der Waals surface area contributed by atoms with Crippen LogP contribution in [-0.4, -0.2) is 50.3 Å². The lowest BCUT2D eigenvalue weighted by Crippen LogP contribution is -2.59. The topological polar surface area (TPSA) is 24.5 Å². The molecule has 3 heteroatoms. The molecule has 0 aromatic rings. The third-order valence-corrected chi connectivity index (χ3v) is 3.79. The molecule has 0 bridgehead atoms. The molecule has 0 saturated carbocycles. The molecule has 17 heavy (non-hydrogen) atoms. The van der Waals surface area contributed by atoms with Gasteiger partial charge in [0.1, 0.15) is 0 Å². The fourth-order valence-corrected chi connectivity index (χ4v) is 2.37. The number of hydrogen-bond donors (Lipinski definition) is 1. The van der Waals surface area contributed by atoms with Crippen LogP contribution in [0, 0.1) is 5.41 Å². The van der Waals surface area contributed by atoms with E-state index in [1.807, 2.05) is 0 Å². The Morgan fingerprint density at radius 1 is 1.29 bits per heavy atom. The van der Waals surface area contributed by atoms with Crippen molar-refractivity contribution in [2.75, 3.05) is 33.4 Å². The maximum absolute atomic E-state index is 5.10. The monoisotopic (exact) mass is 242 g/mol. The van der Waals surface area contributed by atoms with E-state index in [2.05, 4.69) is 37.9 Å². The average Bonchev–Trinajstić information content (AvgIpc) is 2.25. The van der Waals surface area contributed by atoms with Gasteiger partial charge in [-0.2, -0.15) is 0 Å². The van der Waals surface area contributed by atoms with E-state index in [-0.39, 0.29) is 0 Å². The molecule has 0 spiro atoms. The van der Waals surface area contributed by atoms with Crippen molar-refractivity contribution in [1.82, 2.24) is 10.2 Å². The van der Waals surface area contributed by atoms with Gasteiger partial charge in [0.2, 0.25) is 0 Å². The molecule has 0 aromatic carbocycles. The molecule has 0 radical (unpaired) electrons. The van der Waals surface area contributed by atoms with E-state index in [1.165, 1.54) is 25.9 Å². The Bertz CT molecular complexity index is 213. The first kappa shape index (κ1) is 14.9. The van der Waals surface area contributed by atoms with Gasteiger partial charge in [0.15, 0.2) is 0 Å². The molecule has 2 unspecified atom stereocenters. The number of methoxy groups -OCH3 is 1. The van der Waals surface area contributed by atoms with Crippen molar-refractivity contribution in [2.24, 2.45) is 5.41 Å². The van der Waals surface area contributed by atoms with Gasteiger partial charge in [-0.15, -0.1) is 0 Å². The summed E-state index contributed by atoms with van der Waals surface area (Å²) in [4.78, 5) is 2.63. The van der Waals surface area contributed by atoms with E-state index in [0.29, 0.717) is 17.5 Å². The highest BCUT2D eigenvalue weighted by atomic mass is 16.5. The molecule has 2 atom stereocenters. The summed E-state index contributed by atoms with van der Waals surface area (Å²) in [5.74, 6) is 0. The van der Waals surface area contributed by atoms with Crippen molar-refractivity contribution in [2.45, 2.75) is 52.6 Å². The number of nitrogens with one attached hydrogen (secondary N) is 1. The van der Waals surface area contributed by atoms with Crippen LogP contribution in [0.4, 0.5) is 0 Å². The molecule has 1 heterocycles. The normalized spacial score (nSPS) is 27.4. The molecule has 1 saturated heterocycles. The third kappa shape index (κ3) is 4.94. The highest BCUT2D eigenvalue weighted by Crippen LogP contribution is 2.23. The standard InChI is InChI=1S/C14H30N2O/c1-12-10-15-13(14(2,3)4)11-16(12)8-6-7-9-17-5/h12-13,15H,6-11H2,1-5H3. The molecular formula is C14H30N2O. The summed E-state index contributed by atoms with van der Waals surface area (Å²) >= 11 is 0. The molecule has 0 amide bonds. The second-order valence-electron chi connectivity index (χ2n) is 6.37. The molecule has 1 aliphatic rings. The summed E-state index contributed by atoms with van der Waals surface area (Å²) in [7, 11) is 1.78. The zero-order valence-electron chi connectivity index (χ0n) is 12.3. The van der Waals surface area contributed by atoms with E-state index in [0.717, 1.165) is 13.2 Å². The molecule has 102 valence electrons. The summed E-state index contributed by atoms with van der Waals surface area (Å²) in [5.41, 5.74) is 0.352. The van der Waals surface area contributed by atoms with Gasteiger partial charge in [0.05, 0.1) is 0 Å². The number of piperazine rings is 1. The lowest BCUT2D eigenvalue weighted by atomic mass is 9.85. The van der Waals surface area contributed by atoms with Crippen LogP contribution in [0.3, 0.4) is 0 Å². The van der Waals surface area contributed by atoms with E-state index in [4.69, 9.17) is 4.74 Å². The lowest BCUT2D eigenvalue weighted by molar-refractivity contribution is 0.0892. The van der Waals surface area contributed by atoms with Gasteiger partial charge in [-0.3, -0.25) is 4.90 Å². The minimum Gasteiger partial charge on any atom is -0.385 e. The summed E-state index contributed by atoms with van der Waals surface area (Å²) in [6, 6.07) is 1.28. The minimum atomic E-state index is 0.352. The van der Waals surface area contributed by atoms with Crippen LogP contribution in [0.2, 0.25) is 0 Å². The van der Waals surface area contributed by atoms with Gasteiger partial charge in [-0.05, 0) is 31.7 Å². The molecule has 1 fully saturated rings. The van der Waals surface area contributed by atoms with Crippen LogP contribution >= 0.6 is 0 Å². The zero-order valence-corrected chi connectivity index (χ0v) is 12.3. The molecule has 3 nitrogen and oxygen atoms in total. The number of ether oxygens (including phenoxy) is 1. The van der Waals surface area contributed by atoms with Gasteiger partial charge in [-0.25, -0.2) is 0 Å². The van der Waals surface area contributed by atoms with Crippen molar-refractivity contribution in [3.05, 3.63) is 0 Å². The van der Waals surface area contributed by atoms with E-state index in [9.17, 15) is 0 Å². The fourth-order valence-electron chi connectivity index (χ4n) is 2.37. The predicted molar refractivity (Wildman–Crippen MR) is 73.4 cm³/mol. The Morgan fingerprint density at radius 3 is 2.59 bits per heavy atom. The minimum absolute atomic E-state index is 0.352. The SMILES string of the molecule is COCCCCN1CC(C(C)(C)C)NCC1C. The van der Waals surface area contributed by atoms with Gasteiger partial charge >= 0.3 is 0 Å². The van der Waals surface area contributed by atoms with Crippen molar-refractivity contribution < 1.29 is 4.74 Å². The average molecular weight is 242 g/mol. The van der Waals surface area contributed by atoms with Crippen LogP contribution in [0.25, 0.3) is 0 Å². The number of unbranched alkanes of at least 4 members (excludes halogenated alkanes) is 1. The lowest BCUT2D eigenvalue weighted by Gasteiger charge is -2.44. The smallest absolute Gasteiger partial charge is 0.0462 e. The van der Waals surface area contributed by atoms with Crippen molar-refractivity contribution in [3.63, 3.8) is 0 Å². The second kappa shape index (κ2) is 6.72. The number of nitrogens with zero attached hydrogens (tertiary/aromatic N) is 1. The zero-order chi connectivity index (χ0) is 12.9. The van der Waals surface area contributed by atoms with Crippen molar-refractivity contribution in [1.29, 1.82) is 0 Å². The van der Waals surface area contributed by atoms with Crippen LogP contribution in [-0.2, 0) is 4.74 Å². The first-order valence-corrected chi connectivity index (χ1v) is 6.91. The van der Waals surface area contributed by atoms with Crippen LogP contribution in [0.15, 0.2) is 0 Å². The Balaban J connectivity index is 2.36. The molecule has 1 aliphatic heterocycles. The quantitative estimate of drug-likeness (QED) is 0.747. The molecular weight excluding hydrogens is 212 g/mol. The maximum atomic E-state index is 5.10. The van der Waals surface area contributed by atoms with Crippen molar-refractivity contribution >= 4 is 0 Å². The number of hydrogen-bond acceptors (Lipinski definition) is 3. The highest BCUT2D eigenvalue weighted by molar-refractivity contribution is 4.90. The van der Waals surface area contributed by atoms with Gasteiger partial charge in [-0.1, -0.05) is 20.8 Å². The fraction of sp³-hybridized carbons (Fsp3) is 1.00. The summed E-state index contributed by atoms with van der Waals surface area (Å²) in [6.45, 7) is 13.7. The van der Waals surface area contributed by atoms with Crippen LogP contribution in [0.1, 0.15) is 40.5 Å². The number of rotatable bonds is 5. The largest absolute Gasteiger partial charge is 0.385 e. The Kier molecular flexibility index (Phi) is 5.90. The van der Waals surface area contributed by atoms with E-state index < -0.39 is 0 Å². The molecule has 1 N–H and O–H groups in total. The van der Waals surface area contributed by atoms with Crippen LogP contribution < -0.4 is 5.32 Å². The first-order valence-electron chi connectivity index (χ1n) is 6.91. The van der Waals surface area contributed by atoms with E-state index >= 15 is 0 Å². The maximum Gasteiger partial charge on any atom is 0.0462 e. The second-order valence-corrected chi connectivity index (χ2v) is 6.37. The molecule has 0 aromatic heterocycles. The van der Waals surface area contributed by atoms with Crippen molar-refractivity contribution in [3.8, 4) is 0 Å². The predicted octanol–water partition coefficient (Wildman–Crippen LogP) is 2.12. The van der Waals surface area contributed by atoms with Gasteiger partial charge in [0.25, 0.3) is 0 Å². The summed E-state index contributed by atoms with van der Waals surface area (Å²) in [5, 5.41) is 3.67. The highest BCUT2D eigenvalue weighted by Gasteiger charge is 2.31. The molecule has 1 rings (SSSR count). The summed E-state index contributed by atoms with van der Waals surface area (Å²) < 4.78 is 5.10. The Hall–Kier alpha value is -0.120.